The van der Waals surface area contributed by atoms with Crippen molar-refractivity contribution >= 4 is 5.78 Å². The average Bonchev–Trinajstić information content (AvgIpc) is 2.84. The lowest BCUT2D eigenvalue weighted by Gasteiger charge is -2.54. The van der Waals surface area contributed by atoms with Crippen molar-refractivity contribution in [2.24, 2.45) is 35.0 Å². The lowest BCUT2D eigenvalue weighted by Crippen LogP contribution is -2.47. The number of fused-ring (bicyclic) bond motifs is 5. The molecule has 0 heterocycles. The first-order chi connectivity index (χ1) is 10.5. The molecule has 2 heteroatoms. The Morgan fingerprint density at radius 1 is 1.14 bits per heavy atom. The minimum Gasteiger partial charge on any atom is -0.393 e. The molecule has 4 rings (SSSR count). The number of hydrogen-bond donors (Lipinski definition) is 1. The fraction of sp³-hybridized carbons (Fsp3) is 0.850. The van der Waals surface area contributed by atoms with Gasteiger partial charge < -0.3 is 5.11 Å². The van der Waals surface area contributed by atoms with Gasteiger partial charge in [-0.05, 0) is 93.0 Å². The van der Waals surface area contributed by atoms with E-state index in [4.69, 9.17) is 0 Å². The molecule has 0 unspecified atom stereocenters. The molecule has 3 saturated carbocycles. The van der Waals surface area contributed by atoms with Crippen LogP contribution in [-0.4, -0.2) is 17.0 Å². The van der Waals surface area contributed by atoms with Crippen LogP contribution in [0.25, 0.3) is 0 Å². The lowest BCUT2D eigenvalue weighted by molar-refractivity contribution is -0.116. The minimum absolute atomic E-state index is 0.155. The summed E-state index contributed by atoms with van der Waals surface area (Å²) in [6.45, 7) is 4.47. The summed E-state index contributed by atoms with van der Waals surface area (Å²) in [5.41, 5.74) is 1.84. The average molecular weight is 302 g/mol. The van der Waals surface area contributed by atoms with Crippen LogP contribution in [0.15, 0.2) is 11.6 Å². The van der Waals surface area contributed by atoms with Gasteiger partial charge in [-0.25, -0.2) is 0 Å². The molecule has 0 bridgehead atoms. The van der Waals surface area contributed by atoms with Crippen molar-refractivity contribution in [3.63, 3.8) is 0 Å². The van der Waals surface area contributed by atoms with Crippen molar-refractivity contribution in [3.05, 3.63) is 11.6 Å². The standard InChI is InChI=1S/C20H30O2/c1-12(21)18-7-8-19-17-5-3-13-11-14(22)4-6-15(13)16(17)9-10-20(18,19)2/h11-12,15-19,21H,3-10H2,1-2H3/t12-,15-,16+,17+,18+,19-,20+/m0/s1. The molecule has 0 amide bonds. The third-order valence-corrected chi connectivity index (χ3v) is 7.96. The summed E-state index contributed by atoms with van der Waals surface area (Å²) in [6.07, 6.45) is 11.3. The highest BCUT2D eigenvalue weighted by molar-refractivity contribution is 5.91. The van der Waals surface area contributed by atoms with Gasteiger partial charge in [0.25, 0.3) is 0 Å². The summed E-state index contributed by atoms with van der Waals surface area (Å²) in [6, 6.07) is 0. The van der Waals surface area contributed by atoms with Gasteiger partial charge in [0.05, 0.1) is 6.10 Å². The van der Waals surface area contributed by atoms with Crippen molar-refractivity contribution < 1.29 is 9.90 Å². The Hall–Kier alpha value is -0.630. The minimum atomic E-state index is -0.155. The zero-order valence-corrected chi connectivity index (χ0v) is 14.1. The first-order valence-corrected chi connectivity index (χ1v) is 9.42. The Morgan fingerprint density at radius 2 is 1.95 bits per heavy atom. The van der Waals surface area contributed by atoms with Crippen LogP contribution < -0.4 is 0 Å². The molecule has 0 spiro atoms. The van der Waals surface area contributed by atoms with Gasteiger partial charge in [0.2, 0.25) is 0 Å². The Balaban J connectivity index is 1.61. The second-order valence-electron chi connectivity index (χ2n) is 8.77. The molecule has 22 heavy (non-hydrogen) atoms. The summed E-state index contributed by atoms with van der Waals surface area (Å²) in [5, 5.41) is 10.2. The van der Waals surface area contributed by atoms with Gasteiger partial charge in [0.1, 0.15) is 0 Å². The summed E-state index contributed by atoms with van der Waals surface area (Å²) >= 11 is 0. The largest absolute Gasteiger partial charge is 0.393 e. The predicted octanol–water partition coefficient (Wildman–Crippen LogP) is 4.13. The van der Waals surface area contributed by atoms with E-state index in [1.165, 1.54) is 37.7 Å². The van der Waals surface area contributed by atoms with E-state index in [1.54, 1.807) is 0 Å². The highest BCUT2D eigenvalue weighted by Crippen LogP contribution is 2.64. The maximum absolute atomic E-state index is 11.7. The monoisotopic (exact) mass is 302 g/mol. The van der Waals surface area contributed by atoms with E-state index in [0.29, 0.717) is 23.0 Å². The van der Waals surface area contributed by atoms with Crippen molar-refractivity contribution in [2.75, 3.05) is 0 Å². The zero-order valence-electron chi connectivity index (χ0n) is 14.1. The number of allylic oxidation sites excluding steroid dienone is 1. The highest BCUT2D eigenvalue weighted by Gasteiger charge is 2.56. The topological polar surface area (TPSA) is 37.3 Å². The lowest BCUT2D eigenvalue weighted by atomic mass is 9.51. The zero-order chi connectivity index (χ0) is 15.5. The Morgan fingerprint density at radius 3 is 2.73 bits per heavy atom. The van der Waals surface area contributed by atoms with Gasteiger partial charge in [-0.2, -0.15) is 0 Å². The molecule has 0 radical (unpaired) electrons. The summed E-state index contributed by atoms with van der Waals surface area (Å²) in [4.78, 5) is 11.7. The Bertz CT molecular complexity index is 506. The number of aliphatic hydroxyl groups is 1. The first kappa shape index (κ1) is 14.9. The number of aliphatic hydroxyl groups excluding tert-OH is 1. The SMILES string of the molecule is C[C@H](O)[C@H]1CC[C@H]2[C@@H]3CCC4=CC(=O)CC[C@@H]4[C@H]3CC[C@]12C. The smallest absolute Gasteiger partial charge is 0.155 e. The molecule has 0 aliphatic heterocycles. The van der Waals surface area contributed by atoms with E-state index in [0.717, 1.165) is 37.0 Å². The van der Waals surface area contributed by atoms with Crippen molar-refractivity contribution in [2.45, 2.75) is 71.3 Å². The summed E-state index contributed by atoms with van der Waals surface area (Å²) in [5.74, 6) is 4.04. The molecule has 0 saturated heterocycles. The van der Waals surface area contributed by atoms with E-state index in [9.17, 15) is 9.90 Å². The predicted molar refractivity (Wildman–Crippen MR) is 87.3 cm³/mol. The molecular weight excluding hydrogens is 272 g/mol. The summed E-state index contributed by atoms with van der Waals surface area (Å²) < 4.78 is 0. The molecule has 122 valence electrons. The van der Waals surface area contributed by atoms with Crippen molar-refractivity contribution in [1.29, 1.82) is 0 Å². The molecule has 0 aromatic rings. The van der Waals surface area contributed by atoms with Gasteiger partial charge in [-0.3, -0.25) is 4.79 Å². The molecule has 0 aromatic heterocycles. The number of hydrogen-bond acceptors (Lipinski definition) is 2. The Labute approximate surface area is 134 Å². The van der Waals surface area contributed by atoms with Crippen molar-refractivity contribution in [3.8, 4) is 0 Å². The molecular formula is C20H30O2. The van der Waals surface area contributed by atoms with Crippen LogP contribution in [0.2, 0.25) is 0 Å². The van der Waals surface area contributed by atoms with Gasteiger partial charge in [0, 0.05) is 6.42 Å². The van der Waals surface area contributed by atoms with Gasteiger partial charge in [0.15, 0.2) is 5.78 Å². The molecule has 2 nitrogen and oxygen atoms in total. The van der Waals surface area contributed by atoms with Crippen LogP contribution in [0.3, 0.4) is 0 Å². The van der Waals surface area contributed by atoms with E-state index >= 15 is 0 Å². The highest BCUT2D eigenvalue weighted by atomic mass is 16.3. The molecule has 0 aromatic carbocycles. The maximum atomic E-state index is 11.7. The van der Waals surface area contributed by atoms with Crippen molar-refractivity contribution in [1.82, 2.24) is 0 Å². The van der Waals surface area contributed by atoms with Crippen LogP contribution in [0.1, 0.15) is 65.2 Å². The fourth-order valence-corrected chi connectivity index (χ4v) is 7.01. The van der Waals surface area contributed by atoms with E-state index in [1.807, 2.05) is 13.0 Å². The van der Waals surface area contributed by atoms with Crippen LogP contribution >= 0.6 is 0 Å². The molecule has 3 fully saturated rings. The van der Waals surface area contributed by atoms with E-state index < -0.39 is 0 Å². The summed E-state index contributed by atoms with van der Waals surface area (Å²) in [7, 11) is 0. The van der Waals surface area contributed by atoms with Crippen LogP contribution in [0.5, 0.6) is 0 Å². The second-order valence-corrected chi connectivity index (χ2v) is 8.77. The quantitative estimate of drug-likeness (QED) is 0.791. The third kappa shape index (κ3) is 2.06. The van der Waals surface area contributed by atoms with E-state index in [2.05, 4.69) is 6.92 Å². The molecule has 4 aliphatic rings. The first-order valence-electron chi connectivity index (χ1n) is 9.42. The third-order valence-electron chi connectivity index (χ3n) is 7.96. The molecule has 1 N–H and O–H groups in total. The Kier molecular flexibility index (Phi) is 3.52. The fourth-order valence-electron chi connectivity index (χ4n) is 7.01. The normalized spacial score (nSPS) is 49.0. The van der Waals surface area contributed by atoms with Crippen LogP contribution in [0, 0.1) is 35.0 Å². The molecule has 7 atom stereocenters. The van der Waals surface area contributed by atoms with Gasteiger partial charge in [-0.15, -0.1) is 0 Å². The second kappa shape index (κ2) is 5.19. The van der Waals surface area contributed by atoms with E-state index in [-0.39, 0.29) is 6.10 Å². The number of carbonyl (C=O) groups excluding carboxylic acids is 1. The van der Waals surface area contributed by atoms with Gasteiger partial charge >= 0.3 is 0 Å². The molecule has 4 aliphatic carbocycles. The maximum Gasteiger partial charge on any atom is 0.155 e. The number of ketones is 1. The number of carbonyl (C=O) groups is 1. The van der Waals surface area contributed by atoms with Crippen LogP contribution in [-0.2, 0) is 4.79 Å². The number of rotatable bonds is 1. The van der Waals surface area contributed by atoms with Crippen LogP contribution in [0.4, 0.5) is 0 Å². The van der Waals surface area contributed by atoms with Gasteiger partial charge in [-0.1, -0.05) is 12.5 Å².